The molecule has 1 aromatic carbocycles. The Bertz CT molecular complexity index is 1020. The maximum Gasteiger partial charge on any atom is 0.225 e. The molecule has 7 nitrogen and oxygen atoms in total. The zero-order valence-electron chi connectivity index (χ0n) is 17.9. The number of ether oxygens (including phenoxy) is 1. The number of aromatic nitrogens is 3. The number of amides is 1. The van der Waals surface area contributed by atoms with Crippen LogP contribution < -0.4 is 15.0 Å². The van der Waals surface area contributed by atoms with E-state index in [9.17, 15) is 4.79 Å². The second-order valence-electron chi connectivity index (χ2n) is 7.96. The van der Waals surface area contributed by atoms with Crippen molar-refractivity contribution < 1.29 is 9.53 Å². The van der Waals surface area contributed by atoms with Crippen LogP contribution in [0.15, 0.2) is 36.5 Å². The highest BCUT2D eigenvalue weighted by Gasteiger charge is 2.27. The molecule has 1 amide bonds. The van der Waals surface area contributed by atoms with Crippen LogP contribution in [-0.2, 0) is 11.3 Å². The Morgan fingerprint density at radius 3 is 2.77 bits per heavy atom. The molecule has 4 rings (SSSR count). The number of carbonyl (C=O) groups is 1. The van der Waals surface area contributed by atoms with Crippen LogP contribution in [0.25, 0.3) is 10.9 Å². The monoisotopic (exact) mass is 407 g/mol. The molecule has 1 fully saturated rings. The largest absolute Gasteiger partial charge is 0.497 e. The number of hydrogen-bond acceptors (Lipinski definition) is 5. The van der Waals surface area contributed by atoms with Gasteiger partial charge < -0.3 is 19.5 Å². The molecule has 1 atom stereocenters. The molecule has 158 valence electrons. The first-order valence-electron chi connectivity index (χ1n) is 10.5. The summed E-state index contributed by atoms with van der Waals surface area (Å²) in [7, 11) is 1.67. The Labute approximate surface area is 177 Å². The van der Waals surface area contributed by atoms with Gasteiger partial charge in [-0.05, 0) is 57.0 Å². The van der Waals surface area contributed by atoms with Crippen LogP contribution in [0.1, 0.15) is 24.2 Å². The summed E-state index contributed by atoms with van der Waals surface area (Å²) in [6, 6.07) is 10.1. The zero-order chi connectivity index (χ0) is 21.1. The molecule has 7 heteroatoms. The molecule has 0 radical (unpaired) electrons. The standard InChI is InChI=1S/C23H29N5O2/c1-16-13-17(2)26-23(25-16)28-10-4-5-19(15-28)22(29)24-9-12-27-11-8-18-14-20(30-3)6-7-21(18)27/h6-8,11,13-14,19H,4-5,9-10,12,15H2,1-3H3,(H,24,29)/t19-/m1/s1. The Kier molecular flexibility index (Phi) is 5.88. The van der Waals surface area contributed by atoms with Crippen molar-refractivity contribution in [2.24, 2.45) is 5.92 Å². The maximum atomic E-state index is 12.8. The van der Waals surface area contributed by atoms with E-state index in [1.807, 2.05) is 32.0 Å². The van der Waals surface area contributed by atoms with E-state index in [0.717, 1.165) is 59.9 Å². The van der Waals surface area contributed by atoms with Crippen molar-refractivity contribution in [2.75, 3.05) is 31.6 Å². The zero-order valence-corrected chi connectivity index (χ0v) is 17.9. The van der Waals surface area contributed by atoms with E-state index in [0.29, 0.717) is 13.1 Å². The first-order valence-corrected chi connectivity index (χ1v) is 10.5. The highest BCUT2D eigenvalue weighted by Crippen LogP contribution is 2.23. The summed E-state index contributed by atoms with van der Waals surface area (Å²) in [5, 5.41) is 4.26. The lowest BCUT2D eigenvalue weighted by atomic mass is 9.97. The van der Waals surface area contributed by atoms with E-state index in [4.69, 9.17) is 4.74 Å². The highest BCUT2D eigenvalue weighted by molar-refractivity contribution is 5.82. The molecule has 1 aliphatic heterocycles. The molecule has 2 aromatic heterocycles. The van der Waals surface area contributed by atoms with Crippen molar-refractivity contribution in [3.05, 3.63) is 47.9 Å². The van der Waals surface area contributed by atoms with E-state index in [2.05, 4.69) is 43.1 Å². The third kappa shape index (κ3) is 4.40. The topological polar surface area (TPSA) is 72.3 Å². The predicted octanol–water partition coefficient (Wildman–Crippen LogP) is 3.09. The number of rotatable bonds is 6. The lowest BCUT2D eigenvalue weighted by molar-refractivity contribution is -0.125. The summed E-state index contributed by atoms with van der Waals surface area (Å²) in [6.45, 7) is 6.86. The van der Waals surface area contributed by atoms with Crippen LogP contribution in [0.2, 0.25) is 0 Å². The number of piperidine rings is 1. The molecular weight excluding hydrogens is 378 g/mol. The van der Waals surface area contributed by atoms with Gasteiger partial charge in [-0.1, -0.05) is 0 Å². The molecule has 30 heavy (non-hydrogen) atoms. The normalized spacial score (nSPS) is 16.6. The lowest BCUT2D eigenvalue weighted by Gasteiger charge is -2.32. The quantitative estimate of drug-likeness (QED) is 0.680. The van der Waals surface area contributed by atoms with Gasteiger partial charge in [-0.2, -0.15) is 0 Å². The van der Waals surface area contributed by atoms with Crippen molar-refractivity contribution >= 4 is 22.8 Å². The minimum Gasteiger partial charge on any atom is -0.497 e. The van der Waals surface area contributed by atoms with E-state index < -0.39 is 0 Å². The summed E-state index contributed by atoms with van der Waals surface area (Å²) >= 11 is 0. The number of aryl methyl sites for hydroxylation is 2. The first kappa shape index (κ1) is 20.2. The molecule has 1 saturated heterocycles. The van der Waals surface area contributed by atoms with Gasteiger partial charge in [0.15, 0.2) is 0 Å². The summed E-state index contributed by atoms with van der Waals surface area (Å²) in [4.78, 5) is 24.0. The number of hydrogen-bond donors (Lipinski definition) is 1. The van der Waals surface area contributed by atoms with Crippen LogP contribution in [0, 0.1) is 19.8 Å². The van der Waals surface area contributed by atoms with Crippen molar-refractivity contribution in [2.45, 2.75) is 33.2 Å². The number of fused-ring (bicyclic) bond motifs is 1. The Morgan fingerprint density at radius 2 is 2.00 bits per heavy atom. The third-order valence-corrected chi connectivity index (χ3v) is 5.68. The van der Waals surface area contributed by atoms with Gasteiger partial charge in [-0.25, -0.2) is 9.97 Å². The van der Waals surface area contributed by atoms with Gasteiger partial charge in [0.25, 0.3) is 0 Å². The Morgan fingerprint density at radius 1 is 1.20 bits per heavy atom. The fraction of sp³-hybridized carbons (Fsp3) is 0.435. The summed E-state index contributed by atoms with van der Waals surface area (Å²) in [6.07, 6.45) is 3.92. The first-order chi connectivity index (χ1) is 14.5. The van der Waals surface area contributed by atoms with E-state index in [1.54, 1.807) is 7.11 Å². The van der Waals surface area contributed by atoms with Crippen molar-refractivity contribution in [1.29, 1.82) is 0 Å². The molecule has 1 N–H and O–H groups in total. The average Bonchev–Trinajstić information content (AvgIpc) is 3.15. The summed E-state index contributed by atoms with van der Waals surface area (Å²) in [5.74, 6) is 1.67. The molecule has 0 unspecified atom stereocenters. The smallest absolute Gasteiger partial charge is 0.225 e. The molecule has 3 aromatic rings. The van der Waals surface area contributed by atoms with Crippen molar-refractivity contribution in [3.8, 4) is 5.75 Å². The number of nitrogens with one attached hydrogen (secondary N) is 1. The second kappa shape index (κ2) is 8.73. The van der Waals surface area contributed by atoms with Crippen molar-refractivity contribution in [1.82, 2.24) is 19.9 Å². The molecular formula is C23H29N5O2. The van der Waals surface area contributed by atoms with Crippen molar-refractivity contribution in [3.63, 3.8) is 0 Å². The van der Waals surface area contributed by atoms with Gasteiger partial charge in [0.05, 0.1) is 13.0 Å². The van der Waals surface area contributed by atoms with Crippen LogP contribution in [0.3, 0.4) is 0 Å². The molecule has 1 aliphatic rings. The molecule has 0 bridgehead atoms. The van der Waals surface area contributed by atoms with Gasteiger partial charge in [0, 0.05) is 54.7 Å². The van der Waals surface area contributed by atoms with E-state index in [-0.39, 0.29) is 11.8 Å². The van der Waals surface area contributed by atoms with Gasteiger partial charge in [-0.15, -0.1) is 0 Å². The van der Waals surface area contributed by atoms with Crippen LogP contribution >= 0.6 is 0 Å². The number of nitrogens with zero attached hydrogens (tertiary/aromatic N) is 4. The van der Waals surface area contributed by atoms with Gasteiger partial charge in [0.1, 0.15) is 5.75 Å². The molecule has 0 aliphatic carbocycles. The molecule has 3 heterocycles. The minimum atomic E-state index is -0.0335. The highest BCUT2D eigenvalue weighted by atomic mass is 16.5. The maximum absolute atomic E-state index is 12.8. The molecule has 0 spiro atoms. The van der Waals surface area contributed by atoms with Crippen LogP contribution in [0.5, 0.6) is 5.75 Å². The number of methoxy groups -OCH3 is 1. The average molecular weight is 408 g/mol. The lowest BCUT2D eigenvalue weighted by Crippen LogP contribution is -2.44. The summed E-state index contributed by atoms with van der Waals surface area (Å²) in [5.41, 5.74) is 3.06. The van der Waals surface area contributed by atoms with Gasteiger partial charge in [-0.3, -0.25) is 4.79 Å². The number of carbonyl (C=O) groups excluding carboxylic acids is 1. The van der Waals surface area contributed by atoms with Gasteiger partial charge in [0.2, 0.25) is 11.9 Å². The minimum absolute atomic E-state index is 0.0335. The number of benzene rings is 1. The van der Waals surface area contributed by atoms with E-state index in [1.165, 1.54) is 0 Å². The fourth-order valence-corrected chi connectivity index (χ4v) is 4.17. The summed E-state index contributed by atoms with van der Waals surface area (Å²) < 4.78 is 7.44. The fourth-order valence-electron chi connectivity index (χ4n) is 4.17. The predicted molar refractivity (Wildman–Crippen MR) is 118 cm³/mol. The Hall–Kier alpha value is -3.09. The van der Waals surface area contributed by atoms with Gasteiger partial charge >= 0.3 is 0 Å². The SMILES string of the molecule is COc1ccc2c(ccn2CCNC(=O)[C@@H]2CCCN(c3nc(C)cc(C)n3)C2)c1. The third-order valence-electron chi connectivity index (χ3n) is 5.68. The number of anilines is 1. The van der Waals surface area contributed by atoms with Crippen LogP contribution in [-0.4, -0.2) is 47.2 Å². The second-order valence-corrected chi connectivity index (χ2v) is 7.96. The van der Waals surface area contributed by atoms with Crippen LogP contribution in [0.4, 0.5) is 5.95 Å². The Balaban J connectivity index is 1.34. The molecule has 0 saturated carbocycles. The van der Waals surface area contributed by atoms with E-state index >= 15 is 0 Å².